The van der Waals surface area contributed by atoms with E-state index in [1.807, 2.05) is 0 Å². The first kappa shape index (κ1) is 12.0. The molecule has 17 heavy (non-hydrogen) atoms. The number of aromatic carboxylic acids is 1. The highest BCUT2D eigenvalue weighted by atomic mass is 19.2. The van der Waals surface area contributed by atoms with Crippen molar-refractivity contribution >= 4 is 5.97 Å². The van der Waals surface area contributed by atoms with Crippen LogP contribution in [0.3, 0.4) is 0 Å². The molecule has 1 fully saturated rings. The zero-order valence-corrected chi connectivity index (χ0v) is 9.17. The molecule has 1 atom stereocenters. The Morgan fingerprint density at radius 2 is 2.12 bits per heavy atom. The van der Waals surface area contributed by atoms with Crippen LogP contribution in [0.2, 0.25) is 0 Å². The minimum atomic E-state index is -1.45. The molecule has 1 aliphatic rings. The lowest BCUT2D eigenvalue weighted by molar-refractivity contribution is 0.0690. The van der Waals surface area contributed by atoms with Gasteiger partial charge in [-0.2, -0.15) is 0 Å². The van der Waals surface area contributed by atoms with Crippen molar-refractivity contribution in [2.45, 2.75) is 18.8 Å². The zero-order valence-electron chi connectivity index (χ0n) is 9.17. The lowest BCUT2D eigenvalue weighted by Crippen LogP contribution is -2.29. The van der Waals surface area contributed by atoms with Crippen LogP contribution in [0.4, 0.5) is 8.78 Å². The largest absolute Gasteiger partial charge is 0.478 e. The number of hydrogen-bond donors (Lipinski definition) is 2. The summed E-state index contributed by atoms with van der Waals surface area (Å²) in [6, 6.07) is 2.50. The average molecular weight is 241 g/mol. The van der Waals surface area contributed by atoms with Gasteiger partial charge in [-0.1, -0.05) is 6.07 Å². The summed E-state index contributed by atoms with van der Waals surface area (Å²) in [6.45, 7) is 1.48. The molecular formula is C12H13F2NO2. The first-order chi connectivity index (χ1) is 8.11. The minimum Gasteiger partial charge on any atom is -0.478 e. The van der Waals surface area contributed by atoms with Crippen molar-refractivity contribution in [2.24, 2.45) is 0 Å². The van der Waals surface area contributed by atoms with Crippen LogP contribution in [-0.2, 0) is 0 Å². The fraction of sp³-hybridized carbons (Fsp3) is 0.417. The van der Waals surface area contributed by atoms with Crippen LogP contribution in [0.1, 0.15) is 34.7 Å². The van der Waals surface area contributed by atoms with Crippen LogP contribution in [0, 0.1) is 11.6 Å². The Bertz CT molecular complexity index is 442. The summed E-state index contributed by atoms with van der Waals surface area (Å²) in [4.78, 5) is 10.6. The van der Waals surface area contributed by atoms with E-state index in [-0.39, 0.29) is 11.5 Å². The number of carbonyl (C=O) groups is 1. The quantitative estimate of drug-likeness (QED) is 0.834. The molecule has 0 spiro atoms. The van der Waals surface area contributed by atoms with E-state index in [0.29, 0.717) is 6.54 Å². The van der Waals surface area contributed by atoms with Gasteiger partial charge in [-0.05, 0) is 36.9 Å². The summed E-state index contributed by atoms with van der Waals surface area (Å²) in [5.74, 6) is -3.82. The fourth-order valence-electron chi connectivity index (χ4n) is 2.16. The fourth-order valence-corrected chi connectivity index (χ4v) is 2.16. The maximum absolute atomic E-state index is 13.7. The Morgan fingerprint density at radius 1 is 1.35 bits per heavy atom. The monoisotopic (exact) mass is 241 g/mol. The lowest BCUT2D eigenvalue weighted by atomic mass is 9.90. The summed E-state index contributed by atoms with van der Waals surface area (Å²) in [5.41, 5.74) is -0.352. The SMILES string of the molecule is O=C(O)c1ccc(C2CCCNC2)c(F)c1F. The van der Waals surface area contributed by atoms with Gasteiger partial charge in [-0.3, -0.25) is 0 Å². The van der Waals surface area contributed by atoms with Crippen LogP contribution in [0.25, 0.3) is 0 Å². The number of benzene rings is 1. The van der Waals surface area contributed by atoms with Gasteiger partial charge in [0.25, 0.3) is 0 Å². The van der Waals surface area contributed by atoms with Crippen LogP contribution in [0.5, 0.6) is 0 Å². The van der Waals surface area contributed by atoms with E-state index in [0.717, 1.165) is 25.5 Å². The summed E-state index contributed by atoms with van der Waals surface area (Å²) >= 11 is 0. The van der Waals surface area contributed by atoms with E-state index in [4.69, 9.17) is 5.11 Å². The number of piperidine rings is 1. The molecule has 0 aromatic heterocycles. The molecule has 0 saturated carbocycles. The summed E-state index contributed by atoms with van der Waals surface area (Å²) in [5, 5.41) is 11.8. The van der Waals surface area contributed by atoms with Crippen molar-refractivity contribution in [1.82, 2.24) is 5.32 Å². The zero-order chi connectivity index (χ0) is 12.4. The normalized spacial score (nSPS) is 20.2. The summed E-state index contributed by atoms with van der Waals surface area (Å²) < 4.78 is 27.2. The molecule has 0 aliphatic carbocycles. The van der Waals surface area contributed by atoms with Crippen molar-refractivity contribution in [2.75, 3.05) is 13.1 Å². The van der Waals surface area contributed by atoms with Gasteiger partial charge in [-0.25, -0.2) is 13.6 Å². The van der Waals surface area contributed by atoms with Crippen molar-refractivity contribution < 1.29 is 18.7 Å². The maximum Gasteiger partial charge on any atom is 0.338 e. The predicted octanol–water partition coefficient (Wildman–Crippen LogP) is 2.13. The third-order valence-electron chi connectivity index (χ3n) is 3.08. The molecule has 92 valence electrons. The van der Waals surface area contributed by atoms with Crippen LogP contribution in [0.15, 0.2) is 12.1 Å². The number of carboxylic acids is 1. The number of nitrogens with one attached hydrogen (secondary N) is 1. The molecule has 0 bridgehead atoms. The summed E-state index contributed by atoms with van der Waals surface area (Å²) in [7, 11) is 0. The van der Waals surface area contributed by atoms with E-state index in [1.165, 1.54) is 6.07 Å². The first-order valence-corrected chi connectivity index (χ1v) is 5.53. The highest BCUT2D eigenvalue weighted by Crippen LogP contribution is 2.28. The number of hydrogen-bond acceptors (Lipinski definition) is 2. The topological polar surface area (TPSA) is 49.3 Å². The average Bonchev–Trinajstić information content (AvgIpc) is 2.33. The Hall–Kier alpha value is -1.49. The van der Waals surface area contributed by atoms with Gasteiger partial charge in [0.2, 0.25) is 0 Å². The van der Waals surface area contributed by atoms with E-state index >= 15 is 0 Å². The second-order valence-electron chi connectivity index (χ2n) is 4.18. The molecule has 2 N–H and O–H groups in total. The highest BCUT2D eigenvalue weighted by Gasteiger charge is 2.23. The summed E-state index contributed by atoms with van der Waals surface area (Å²) in [6.07, 6.45) is 1.70. The van der Waals surface area contributed by atoms with Gasteiger partial charge in [0, 0.05) is 6.54 Å². The second-order valence-corrected chi connectivity index (χ2v) is 4.18. The molecule has 1 unspecified atom stereocenters. The minimum absolute atomic E-state index is 0.0823. The Balaban J connectivity index is 2.36. The molecule has 0 radical (unpaired) electrons. The number of rotatable bonds is 2. The van der Waals surface area contributed by atoms with E-state index in [9.17, 15) is 13.6 Å². The molecule has 3 nitrogen and oxygen atoms in total. The van der Waals surface area contributed by atoms with E-state index < -0.39 is 23.2 Å². The maximum atomic E-state index is 13.7. The molecule has 1 heterocycles. The second kappa shape index (κ2) is 4.79. The van der Waals surface area contributed by atoms with Crippen LogP contribution >= 0.6 is 0 Å². The van der Waals surface area contributed by atoms with Gasteiger partial charge >= 0.3 is 5.97 Å². The number of carboxylic acid groups (broad SMARTS) is 1. The molecule has 2 rings (SSSR count). The first-order valence-electron chi connectivity index (χ1n) is 5.53. The molecule has 1 saturated heterocycles. The van der Waals surface area contributed by atoms with Gasteiger partial charge in [0.15, 0.2) is 11.6 Å². The van der Waals surface area contributed by atoms with Crippen molar-refractivity contribution in [3.8, 4) is 0 Å². The molecule has 0 amide bonds. The standard InChI is InChI=1S/C12H13F2NO2/c13-10-8(7-2-1-5-15-6-7)3-4-9(11(10)14)12(16)17/h3-4,7,15H,1-2,5-6H2,(H,16,17). The third-order valence-corrected chi connectivity index (χ3v) is 3.08. The Morgan fingerprint density at radius 3 is 2.71 bits per heavy atom. The van der Waals surface area contributed by atoms with E-state index in [1.54, 1.807) is 0 Å². The Labute approximate surface area is 97.5 Å². The molecule has 1 aromatic carbocycles. The molecule has 5 heteroatoms. The van der Waals surface area contributed by atoms with Gasteiger partial charge in [-0.15, -0.1) is 0 Å². The third kappa shape index (κ3) is 2.29. The van der Waals surface area contributed by atoms with Crippen molar-refractivity contribution in [3.05, 3.63) is 34.9 Å². The number of halogens is 2. The lowest BCUT2D eigenvalue weighted by Gasteiger charge is -2.23. The highest BCUT2D eigenvalue weighted by molar-refractivity contribution is 5.88. The molecule has 1 aliphatic heterocycles. The van der Waals surface area contributed by atoms with Gasteiger partial charge in [0.05, 0.1) is 5.56 Å². The van der Waals surface area contributed by atoms with Gasteiger partial charge in [0.1, 0.15) is 0 Å². The van der Waals surface area contributed by atoms with Gasteiger partial charge < -0.3 is 10.4 Å². The predicted molar refractivity (Wildman–Crippen MR) is 58.2 cm³/mol. The molecular weight excluding hydrogens is 228 g/mol. The molecule has 1 aromatic rings. The van der Waals surface area contributed by atoms with Crippen LogP contribution < -0.4 is 5.32 Å². The van der Waals surface area contributed by atoms with Crippen molar-refractivity contribution in [3.63, 3.8) is 0 Å². The van der Waals surface area contributed by atoms with Crippen LogP contribution in [-0.4, -0.2) is 24.2 Å². The van der Waals surface area contributed by atoms with Crippen molar-refractivity contribution in [1.29, 1.82) is 0 Å². The van der Waals surface area contributed by atoms with E-state index in [2.05, 4.69) is 5.32 Å². The smallest absolute Gasteiger partial charge is 0.338 e. The Kier molecular flexibility index (Phi) is 3.38.